The van der Waals surface area contributed by atoms with Gasteiger partial charge in [-0.05, 0) is 59.9 Å². The molecule has 0 fully saturated rings. The van der Waals surface area contributed by atoms with Crippen molar-refractivity contribution in [2.75, 3.05) is 13.1 Å². The molecule has 0 aliphatic carbocycles. The van der Waals surface area contributed by atoms with Crippen LogP contribution in [0.5, 0.6) is 0 Å². The Kier molecular flexibility index (Phi) is 10.6. The fourth-order valence-electron chi connectivity index (χ4n) is 5.76. The Labute approximate surface area is 297 Å². The van der Waals surface area contributed by atoms with E-state index in [1.807, 2.05) is 44.2 Å². The van der Waals surface area contributed by atoms with E-state index in [0.717, 1.165) is 11.1 Å². The van der Waals surface area contributed by atoms with Crippen molar-refractivity contribution in [2.24, 2.45) is 5.92 Å². The summed E-state index contributed by atoms with van der Waals surface area (Å²) in [5.74, 6) is -1.51. The van der Waals surface area contributed by atoms with Crippen molar-refractivity contribution >= 4 is 35.0 Å². The summed E-state index contributed by atoms with van der Waals surface area (Å²) >= 11 is 1.24. The lowest BCUT2D eigenvalue weighted by atomic mass is 10.0. The fourth-order valence-corrected chi connectivity index (χ4v) is 6.57. The quantitative estimate of drug-likeness (QED) is 0.236. The number of thiazole rings is 1. The maximum absolute atomic E-state index is 14.2. The first-order valence-electron chi connectivity index (χ1n) is 16.5. The summed E-state index contributed by atoms with van der Waals surface area (Å²) in [6, 6.07) is 14.7. The van der Waals surface area contributed by atoms with Crippen LogP contribution < -0.4 is 16.0 Å². The highest BCUT2D eigenvalue weighted by Crippen LogP contribution is 2.25. The monoisotopic (exact) mass is 710 g/mol. The van der Waals surface area contributed by atoms with Crippen molar-refractivity contribution in [2.45, 2.75) is 58.8 Å². The van der Waals surface area contributed by atoms with E-state index in [9.17, 15) is 19.2 Å². The zero-order chi connectivity index (χ0) is 36.1. The number of carbonyl (C=O) groups is 4. The van der Waals surface area contributed by atoms with Gasteiger partial charge in [-0.2, -0.15) is 0 Å². The number of carbonyl (C=O) groups excluding carboxylic acids is 4. The molecule has 0 saturated heterocycles. The predicted molar refractivity (Wildman–Crippen MR) is 186 cm³/mol. The van der Waals surface area contributed by atoms with Crippen molar-refractivity contribution in [1.82, 2.24) is 51.0 Å². The van der Waals surface area contributed by atoms with Gasteiger partial charge in [-0.15, -0.1) is 16.4 Å². The Hall–Kier alpha value is -5.77. The summed E-state index contributed by atoms with van der Waals surface area (Å²) < 4.78 is 7.49. The molecule has 3 N–H and O–H groups in total. The van der Waals surface area contributed by atoms with Gasteiger partial charge in [0.15, 0.2) is 5.69 Å². The molecule has 16 heteroatoms. The largest absolute Gasteiger partial charge is 0.443 e. The van der Waals surface area contributed by atoms with Crippen LogP contribution in [0, 0.1) is 12.8 Å². The zero-order valence-electron chi connectivity index (χ0n) is 28.6. The number of amides is 4. The number of nitrogens with one attached hydrogen (secondary N) is 3. The van der Waals surface area contributed by atoms with Gasteiger partial charge in [0, 0.05) is 17.5 Å². The highest BCUT2D eigenvalue weighted by Gasteiger charge is 2.31. The average Bonchev–Trinajstić information content (AvgIpc) is 3.89. The van der Waals surface area contributed by atoms with Gasteiger partial charge in [0.1, 0.15) is 28.8 Å². The molecule has 0 spiro atoms. The molecule has 4 amide bonds. The molecule has 4 bridgehead atoms. The van der Waals surface area contributed by atoms with Gasteiger partial charge < -0.3 is 25.3 Å². The van der Waals surface area contributed by atoms with E-state index in [0.29, 0.717) is 23.5 Å². The van der Waals surface area contributed by atoms with Crippen molar-refractivity contribution in [1.29, 1.82) is 0 Å². The lowest BCUT2D eigenvalue weighted by Crippen LogP contribution is -2.50. The molecule has 3 atom stereocenters. The minimum absolute atomic E-state index is 0.0112. The van der Waals surface area contributed by atoms with Crippen molar-refractivity contribution in [3.8, 4) is 0 Å². The topological polar surface area (TPSA) is 190 Å². The molecular formula is C35H38N10O5S. The number of aryl methyl sites for hydroxylation is 1. The molecule has 15 nitrogen and oxygen atoms in total. The molecule has 0 saturated carbocycles. The third-order valence-corrected chi connectivity index (χ3v) is 9.44. The minimum Gasteiger partial charge on any atom is -0.443 e. The molecule has 1 aliphatic heterocycles. The van der Waals surface area contributed by atoms with Crippen LogP contribution in [0.15, 0.2) is 70.7 Å². The Bertz CT molecular complexity index is 1990. The number of nitrogens with zero attached hydrogens (tertiary/aromatic N) is 7. The van der Waals surface area contributed by atoms with Gasteiger partial charge in [0.05, 0.1) is 25.2 Å². The number of hydrogen-bond donors (Lipinski definition) is 3. The van der Waals surface area contributed by atoms with Gasteiger partial charge in [-0.25, -0.2) is 14.6 Å². The third-order valence-electron chi connectivity index (χ3n) is 8.41. The molecule has 6 rings (SSSR count). The van der Waals surface area contributed by atoms with Crippen molar-refractivity contribution < 1.29 is 23.6 Å². The molecule has 0 radical (unpaired) electrons. The van der Waals surface area contributed by atoms with Crippen LogP contribution in [0.3, 0.4) is 0 Å². The highest BCUT2D eigenvalue weighted by atomic mass is 32.1. The lowest BCUT2D eigenvalue weighted by molar-refractivity contribution is -0.123. The van der Waals surface area contributed by atoms with Gasteiger partial charge in [0.25, 0.3) is 17.7 Å². The number of benzene rings is 2. The summed E-state index contributed by atoms with van der Waals surface area (Å²) in [7, 11) is 0. The zero-order valence-corrected chi connectivity index (χ0v) is 29.4. The maximum atomic E-state index is 14.2. The molecular weight excluding hydrogens is 673 g/mol. The first-order valence-corrected chi connectivity index (χ1v) is 17.4. The van der Waals surface area contributed by atoms with Crippen LogP contribution in [-0.2, 0) is 17.8 Å². The van der Waals surface area contributed by atoms with Gasteiger partial charge in [-0.1, -0.05) is 56.3 Å². The molecule has 4 heterocycles. The van der Waals surface area contributed by atoms with Crippen LogP contribution >= 0.6 is 11.3 Å². The number of rotatable bonds is 6. The summed E-state index contributed by atoms with van der Waals surface area (Å²) in [5, 5.41) is 22.3. The minimum atomic E-state index is -0.696. The van der Waals surface area contributed by atoms with Crippen LogP contribution in [-0.4, -0.2) is 77.8 Å². The maximum Gasteiger partial charge on any atom is 0.274 e. The Morgan fingerprint density at radius 3 is 2.45 bits per heavy atom. The highest BCUT2D eigenvalue weighted by molar-refractivity contribution is 7.09. The molecule has 0 unspecified atom stereocenters. The van der Waals surface area contributed by atoms with E-state index in [4.69, 9.17) is 4.42 Å². The summed E-state index contributed by atoms with van der Waals surface area (Å²) in [6.45, 7) is 7.27. The molecule has 264 valence electrons. The van der Waals surface area contributed by atoms with Crippen molar-refractivity contribution in [3.05, 3.63) is 111 Å². The first kappa shape index (κ1) is 35.1. The lowest BCUT2D eigenvalue weighted by Gasteiger charge is -2.29. The SMILES string of the molecule is Cc1oc2nc1C(=O)N[C@H](C)c1nc(cs1)C(=O)N[C@H](Cc1ccccc1)CN(C(=O)c1ccc(Cn3cnnn3)cc1)CC(=O)N[C@H]2C(C)C. The first-order chi connectivity index (χ1) is 24.5. The summed E-state index contributed by atoms with van der Waals surface area (Å²) in [5.41, 5.74) is 2.41. The van der Waals surface area contributed by atoms with Gasteiger partial charge >= 0.3 is 0 Å². The molecule has 51 heavy (non-hydrogen) atoms. The summed E-state index contributed by atoms with van der Waals surface area (Å²) in [6.07, 6.45) is 1.87. The number of tetrazole rings is 1. The second-order valence-corrected chi connectivity index (χ2v) is 13.7. The Morgan fingerprint density at radius 2 is 1.75 bits per heavy atom. The average molecular weight is 711 g/mol. The number of oxazole rings is 1. The second-order valence-electron chi connectivity index (χ2n) is 12.8. The Morgan fingerprint density at radius 1 is 0.980 bits per heavy atom. The predicted octanol–water partition coefficient (Wildman–Crippen LogP) is 3.28. The van der Waals surface area contributed by atoms with Crippen LogP contribution in [0.2, 0.25) is 0 Å². The van der Waals surface area contributed by atoms with E-state index in [1.54, 1.807) is 48.2 Å². The summed E-state index contributed by atoms with van der Waals surface area (Å²) in [4.78, 5) is 65.4. The molecule has 3 aromatic heterocycles. The van der Waals surface area contributed by atoms with E-state index >= 15 is 0 Å². The fraction of sp³-hybridized carbons (Fsp3) is 0.343. The van der Waals surface area contributed by atoms with E-state index in [-0.39, 0.29) is 42.0 Å². The standard InChI is InChI=1S/C35H38N10O5S/c1-20(2)29-33-41-30(22(4)50-33)32(48)37-21(3)34-39-27(18-51-34)31(47)38-26(14-23-8-6-5-7-9-23)16-44(17-28(46)40-29)35(49)25-12-10-24(11-13-25)15-45-19-36-42-43-45/h5-13,18-21,26,29H,14-17H2,1-4H3,(H,37,48)(H,38,47)(H,40,46)/t21-,26-,29+/m1/s1. The van der Waals surface area contributed by atoms with E-state index in [1.165, 1.54) is 22.6 Å². The van der Waals surface area contributed by atoms with E-state index < -0.39 is 41.8 Å². The second kappa shape index (κ2) is 15.4. The van der Waals surface area contributed by atoms with Crippen LogP contribution in [0.1, 0.15) is 92.0 Å². The van der Waals surface area contributed by atoms with Crippen LogP contribution in [0.25, 0.3) is 0 Å². The number of hydrogen-bond acceptors (Lipinski definition) is 11. The normalized spacial score (nSPS) is 18.8. The van der Waals surface area contributed by atoms with Crippen molar-refractivity contribution in [3.63, 3.8) is 0 Å². The smallest absolute Gasteiger partial charge is 0.274 e. The molecule has 2 aromatic carbocycles. The molecule has 1 aliphatic rings. The number of aromatic nitrogens is 6. The van der Waals surface area contributed by atoms with Gasteiger partial charge in [0.2, 0.25) is 11.8 Å². The van der Waals surface area contributed by atoms with Crippen LogP contribution in [0.4, 0.5) is 0 Å². The van der Waals surface area contributed by atoms with E-state index in [2.05, 4.69) is 41.4 Å². The number of fused-ring (bicyclic) bond motifs is 4. The van der Waals surface area contributed by atoms with Gasteiger partial charge in [-0.3, -0.25) is 19.2 Å². The third kappa shape index (κ3) is 8.52. The Balaban J connectivity index is 1.36. The molecule has 5 aromatic rings.